The van der Waals surface area contributed by atoms with E-state index in [-0.39, 0.29) is 6.61 Å². The summed E-state index contributed by atoms with van der Waals surface area (Å²) in [7, 11) is 0. The minimum absolute atomic E-state index is 0.0792. The fraction of sp³-hybridized carbons (Fsp3) is 0.0952. The lowest BCUT2D eigenvalue weighted by atomic mass is 10.1. The van der Waals surface area contributed by atoms with E-state index in [4.69, 9.17) is 9.47 Å². The minimum Gasteiger partial charge on any atom is -0.485 e. The zero-order valence-electron chi connectivity index (χ0n) is 15.1. The molecule has 1 aliphatic heterocycles. The van der Waals surface area contributed by atoms with Gasteiger partial charge in [0.05, 0.1) is 5.69 Å². The van der Waals surface area contributed by atoms with Gasteiger partial charge in [0.2, 0.25) is 6.10 Å². The molecule has 0 saturated heterocycles. The number of aromatic amines is 1. The van der Waals surface area contributed by atoms with E-state index in [1.54, 1.807) is 42.6 Å². The molecule has 2 aromatic carbocycles. The Bertz CT molecular complexity index is 1220. The number of halogens is 1. The maximum absolute atomic E-state index is 14.8. The number of ether oxygens (including phenoxy) is 2. The van der Waals surface area contributed by atoms with Crippen molar-refractivity contribution in [1.82, 2.24) is 15.0 Å². The number of carbonyl (C=O) groups is 1. The first-order valence-electron chi connectivity index (χ1n) is 8.96. The van der Waals surface area contributed by atoms with Crippen LogP contribution in [0.25, 0.3) is 22.3 Å². The number of carbonyl (C=O) groups excluding carboxylic acids is 1. The smallest absolute Gasteiger partial charge is 0.269 e. The molecule has 4 aromatic rings. The summed E-state index contributed by atoms with van der Waals surface area (Å²) in [6, 6.07) is 13.4. The molecule has 1 amide bonds. The average Bonchev–Trinajstić information content (AvgIpc) is 3.23. The molecular weight excluding hydrogens is 375 g/mol. The van der Waals surface area contributed by atoms with Crippen LogP contribution in [0.15, 0.2) is 61.1 Å². The predicted molar refractivity (Wildman–Crippen MR) is 104 cm³/mol. The van der Waals surface area contributed by atoms with Crippen LogP contribution in [0.5, 0.6) is 11.5 Å². The number of benzene rings is 2. The van der Waals surface area contributed by atoms with Gasteiger partial charge < -0.3 is 19.8 Å². The van der Waals surface area contributed by atoms with Crippen LogP contribution in [0.4, 0.5) is 10.1 Å². The van der Waals surface area contributed by atoms with Crippen molar-refractivity contribution in [3.63, 3.8) is 0 Å². The maximum atomic E-state index is 14.8. The van der Waals surface area contributed by atoms with Crippen molar-refractivity contribution >= 4 is 22.6 Å². The van der Waals surface area contributed by atoms with E-state index in [0.29, 0.717) is 34.1 Å². The molecule has 0 radical (unpaired) electrons. The van der Waals surface area contributed by atoms with Crippen LogP contribution in [-0.4, -0.2) is 33.6 Å². The summed E-state index contributed by atoms with van der Waals surface area (Å²) >= 11 is 0. The molecule has 5 rings (SSSR count). The Kier molecular flexibility index (Phi) is 4.09. The molecule has 1 atom stereocenters. The number of nitrogens with one attached hydrogen (secondary N) is 2. The molecule has 7 nitrogen and oxygen atoms in total. The molecule has 29 heavy (non-hydrogen) atoms. The molecule has 3 heterocycles. The molecule has 0 spiro atoms. The first-order valence-corrected chi connectivity index (χ1v) is 8.96. The number of para-hydroxylation sites is 2. The Morgan fingerprint density at radius 1 is 1.14 bits per heavy atom. The maximum Gasteiger partial charge on any atom is 0.269 e. The van der Waals surface area contributed by atoms with Gasteiger partial charge in [-0.25, -0.2) is 14.4 Å². The van der Waals surface area contributed by atoms with Crippen LogP contribution in [0, 0.1) is 5.82 Å². The van der Waals surface area contributed by atoms with Gasteiger partial charge in [-0.15, -0.1) is 0 Å². The molecule has 8 heteroatoms. The van der Waals surface area contributed by atoms with Crippen LogP contribution >= 0.6 is 0 Å². The highest BCUT2D eigenvalue weighted by molar-refractivity contribution is 5.95. The molecule has 0 fully saturated rings. The van der Waals surface area contributed by atoms with Gasteiger partial charge >= 0.3 is 0 Å². The lowest BCUT2D eigenvalue weighted by Gasteiger charge is -2.25. The van der Waals surface area contributed by atoms with E-state index < -0.39 is 17.8 Å². The van der Waals surface area contributed by atoms with E-state index in [2.05, 4.69) is 20.3 Å². The largest absolute Gasteiger partial charge is 0.485 e. The Labute approximate surface area is 164 Å². The molecule has 1 unspecified atom stereocenters. The topological polar surface area (TPSA) is 89.1 Å². The first kappa shape index (κ1) is 17.2. The highest BCUT2D eigenvalue weighted by Gasteiger charge is 2.27. The van der Waals surface area contributed by atoms with E-state index >= 15 is 0 Å². The highest BCUT2D eigenvalue weighted by Crippen LogP contribution is 2.32. The van der Waals surface area contributed by atoms with Gasteiger partial charge in [0.25, 0.3) is 5.91 Å². The quantitative estimate of drug-likeness (QED) is 0.559. The monoisotopic (exact) mass is 390 g/mol. The number of anilines is 1. The van der Waals surface area contributed by atoms with E-state index in [9.17, 15) is 9.18 Å². The SMILES string of the molecule is O=C(Nc1ccc(-c2ncnc3[nH]ccc23)c(F)c1)C1COc2ccccc2O1. The van der Waals surface area contributed by atoms with Gasteiger partial charge in [0.15, 0.2) is 11.5 Å². The normalized spacial score (nSPS) is 15.3. The van der Waals surface area contributed by atoms with Gasteiger partial charge in [0, 0.05) is 22.8 Å². The summed E-state index contributed by atoms with van der Waals surface area (Å²) in [5.41, 5.74) is 1.74. The molecule has 1 aliphatic rings. The zero-order chi connectivity index (χ0) is 19.8. The van der Waals surface area contributed by atoms with Crippen LogP contribution in [-0.2, 0) is 4.79 Å². The molecule has 0 bridgehead atoms. The molecule has 0 saturated carbocycles. The lowest BCUT2D eigenvalue weighted by molar-refractivity contribution is -0.125. The fourth-order valence-corrected chi connectivity index (χ4v) is 3.24. The average molecular weight is 390 g/mol. The summed E-state index contributed by atoms with van der Waals surface area (Å²) in [5.74, 6) is 0.171. The second kappa shape index (κ2) is 6.90. The number of amides is 1. The molecule has 2 aromatic heterocycles. The minimum atomic E-state index is -0.825. The third kappa shape index (κ3) is 3.14. The number of rotatable bonds is 3. The van der Waals surface area contributed by atoms with Crippen molar-refractivity contribution in [2.75, 3.05) is 11.9 Å². The molecule has 2 N–H and O–H groups in total. The number of aromatic nitrogens is 3. The van der Waals surface area contributed by atoms with Crippen LogP contribution < -0.4 is 14.8 Å². The van der Waals surface area contributed by atoms with Crippen molar-refractivity contribution in [2.24, 2.45) is 0 Å². The van der Waals surface area contributed by atoms with E-state index in [1.807, 2.05) is 6.07 Å². The summed E-state index contributed by atoms with van der Waals surface area (Å²) in [4.78, 5) is 23.8. The van der Waals surface area contributed by atoms with Gasteiger partial charge in [-0.1, -0.05) is 12.1 Å². The predicted octanol–water partition coefficient (Wildman–Crippen LogP) is 3.54. The van der Waals surface area contributed by atoms with Gasteiger partial charge in [-0.05, 0) is 36.4 Å². The summed E-state index contributed by atoms with van der Waals surface area (Å²) in [6.45, 7) is 0.0792. The van der Waals surface area contributed by atoms with Crippen molar-refractivity contribution in [2.45, 2.75) is 6.10 Å². The van der Waals surface area contributed by atoms with Crippen LogP contribution in [0.1, 0.15) is 0 Å². The van der Waals surface area contributed by atoms with Gasteiger partial charge in [0.1, 0.15) is 24.4 Å². The number of fused-ring (bicyclic) bond motifs is 2. The van der Waals surface area contributed by atoms with Crippen molar-refractivity contribution < 1.29 is 18.7 Å². The standard InChI is InChI=1S/C21H15FN4O3/c22-15-9-12(5-6-13(15)19-14-7-8-23-20(14)25-11-24-19)26-21(27)18-10-28-16-3-1-2-4-17(16)29-18/h1-9,11,18H,10H2,(H,26,27)(H,23,24,25). The van der Waals surface area contributed by atoms with Gasteiger partial charge in [-0.3, -0.25) is 4.79 Å². The number of hydrogen-bond acceptors (Lipinski definition) is 5. The van der Waals surface area contributed by atoms with E-state index in [1.165, 1.54) is 12.4 Å². The molecule has 0 aliphatic carbocycles. The summed E-state index contributed by atoms with van der Waals surface area (Å²) in [6.07, 6.45) is 2.27. The zero-order valence-corrected chi connectivity index (χ0v) is 15.1. The van der Waals surface area contributed by atoms with Crippen LogP contribution in [0.3, 0.4) is 0 Å². The van der Waals surface area contributed by atoms with Crippen molar-refractivity contribution in [1.29, 1.82) is 0 Å². The van der Waals surface area contributed by atoms with Gasteiger partial charge in [-0.2, -0.15) is 0 Å². The summed E-state index contributed by atoms with van der Waals surface area (Å²) in [5, 5.41) is 3.39. The number of nitrogens with zero attached hydrogens (tertiary/aromatic N) is 2. The third-order valence-electron chi connectivity index (χ3n) is 4.65. The number of H-pyrrole nitrogens is 1. The number of hydrogen-bond donors (Lipinski definition) is 2. The van der Waals surface area contributed by atoms with Crippen molar-refractivity contribution in [3.8, 4) is 22.8 Å². The Hall–Kier alpha value is -3.94. The Morgan fingerprint density at radius 3 is 2.86 bits per heavy atom. The van der Waals surface area contributed by atoms with Crippen LogP contribution in [0.2, 0.25) is 0 Å². The second-order valence-corrected chi connectivity index (χ2v) is 6.51. The summed E-state index contributed by atoms with van der Waals surface area (Å²) < 4.78 is 26.0. The highest BCUT2D eigenvalue weighted by atomic mass is 19.1. The van der Waals surface area contributed by atoms with Crippen molar-refractivity contribution in [3.05, 3.63) is 66.9 Å². The third-order valence-corrected chi connectivity index (χ3v) is 4.65. The first-order chi connectivity index (χ1) is 14.2. The second-order valence-electron chi connectivity index (χ2n) is 6.51. The molecular formula is C21H15FN4O3. The fourth-order valence-electron chi connectivity index (χ4n) is 3.24. The Balaban J connectivity index is 1.36. The molecule has 144 valence electrons. The van der Waals surface area contributed by atoms with E-state index in [0.717, 1.165) is 5.39 Å². The Morgan fingerprint density at radius 2 is 2.00 bits per heavy atom. The lowest BCUT2D eigenvalue weighted by Crippen LogP contribution is -2.40.